The molecule has 432 valence electrons. The van der Waals surface area contributed by atoms with Gasteiger partial charge >= 0.3 is 17.9 Å². The molecule has 0 aliphatic carbocycles. The molecule has 0 radical (unpaired) electrons. The molecule has 0 fully saturated rings. The predicted molar refractivity (Wildman–Crippen MR) is 325 cm³/mol. The first-order chi connectivity index (χ1) is 37.0. The van der Waals surface area contributed by atoms with Gasteiger partial charge in [0.05, 0.1) is 0 Å². The third-order valence-corrected chi connectivity index (χ3v) is 13.9. The molecule has 0 spiro atoms. The molecular weight excluding hydrogens is 925 g/mol. The second kappa shape index (κ2) is 63.1. The molecule has 0 saturated carbocycles. The van der Waals surface area contributed by atoms with Gasteiger partial charge in [-0.1, -0.05) is 292 Å². The number of rotatable bonds is 58. The summed E-state index contributed by atoms with van der Waals surface area (Å²) in [6.07, 6.45) is 83.2. The van der Waals surface area contributed by atoms with Gasteiger partial charge in [0.1, 0.15) is 13.2 Å². The number of carbonyl (C=O) groups is 3. The molecule has 0 amide bonds. The van der Waals surface area contributed by atoms with Crippen molar-refractivity contribution in [1.82, 2.24) is 0 Å². The summed E-state index contributed by atoms with van der Waals surface area (Å²) in [5.41, 5.74) is 0. The van der Waals surface area contributed by atoms with Crippen molar-refractivity contribution in [3.8, 4) is 0 Å². The lowest BCUT2D eigenvalue weighted by Gasteiger charge is -2.18. The Bertz CT molecular complexity index is 1430. The molecule has 0 saturated heterocycles. The van der Waals surface area contributed by atoms with E-state index in [-0.39, 0.29) is 31.1 Å². The quantitative estimate of drug-likeness (QED) is 0.0261. The number of unbranched alkanes of at least 4 members (excludes halogenated alkanes) is 33. The molecule has 6 heteroatoms. The second-order valence-electron chi connectivity index (χ2n) is 21.3. The lowest BCUT2D eigenvalue weighted by atomic mass is 10.0. The van der Waals surface area contributed by atoms with Gasteiger partial charge in [-0.25, -0.2) is 0 Å². The Labute approximate surface area is 465 Å². The van der Waals surface area contributed by atoms with Crippen molar-refractivity contribution in [2.45, 2.75) is 322 Å². The number of hydrogen-bond donors (Lipinski definition) is 0. The first-order valence-corrected chi connectivity index (χ1v) is 32.1. The minimum Gasteiger partial charge on any atom is -0.462 e. The molecule has 0 N–H and O–H groups in total. The number of hydrogen-bond acceptors (Lipinski definition) is 6. The van der Waals surface area contributed by atoms with Crippen molar-refractivity contribution in [2.24, 2.45) is 0 Å². The van der Waals surface area contributed by atoms with Crippen LogP contribution in [0.3, 0.4) is 0 Å². The summed E-state index contributed by atoms with van der Waals surface area (Å²) in [6, 6.07) is 0. The summed E-state index contributed by atoms with van der Waals surface area (Å²) in [5.74, 6) is -0.922. The monoisotopic (exact) mass is 1040 g/mol. The summed E-state index contributed by atoms with van der Waals surface area (Å²) < 4.78 is 16.9. The topological polar surface area (TPSA) is 78.9 Å². The molecule has 0 bridgehead atoms. The maximum absolute atomic E-state index is 12.9. The first-order valence-electron chi connectivity index (χ1n) is 32.1. The number of ether oxygens (including phenoxy) is 3. The van der Waals surface area contributed by atoms with E-state index < -0.39 is 6.10 Å². The van der Waals surface area contributed by atoms with Crippen LogP contribution in [0.4, 0.5) is 0 Å². The van der Waals surface area contributed by atoms with Crippen molar-refractivity contribution >= 4 is 17.9 Å². The van der Waals surface area contributed by atoms with Gasteiger partial charge in [-0.3, -0.25) is 14.4 Å². The smallest absolute Gasteiger partial charge is 0.306 e. The zero-order valence-electron chi connectivity index (χ0n) is 49.6. The van der Waals surface area contributed by atoms with E-state index in [0.717, 1.165) is 122 Å². The molecule has 0 aromatic rings. The molecule has 0 aliphatic heterocycles. The Balaban J connectivity index is 4.30. The molecule has 75 heavy (non-hydrogen) atoms. The fourth-order valence-electron chi connectivity index (χ4n) is 9.16. The molecule has 1 unspecified atom stereocenters. The summed E-state index contributed by atoms with van der Waals surface area (Å²) >= 11 is 0. The summed E-state index contributed by atoms with van der Waals surface area (Å²) in [7, 11) is 0. The SMILES string of the molecule is CC/C=C\C/C=C\C/C=C\C/C=C\CCCCCCCCC(=O)OC(COC(=O)CCCCC/C=C\C/C=C\C/C=C\CC)COC(=O)CCCCCCCCCCCCCCCCCCCCCCCCCCC. The van der Waals surface area contributed by atoms with E-state index in [2.05, 4.69) is 106 Å². The summed E-state index contributed by atoms with van der Waals surface area (Å²) in [5, 5.41) is 0. The highest BCUT2D eigenvalue weighted by Crippen LogP contribution is 2.17. The molecule has 0 rings (SSSR count). The summed E-state index contributed by atoms with van der Waals surface area (Å²) in [6.45, 7) is 6.41. The highest BCUT2D eigenvalue weighted by Gasteiger charge is 2.19. The van der Waals surface area contributed by atoms with Crippen LogP contribution in [0.1, 0.15) is 316 Å². The van der Waals surface area contributed by atoms with Crippen molar-refractivity contribution in [3.63, 3.8) is 0 Å². The largest absolute Gasteiger partial charge is 0.462 e. The van der Waals surface area contributed by atoms with Crippen molar-refractivity contribution in [3.05, 3.63) is 85.1 Å². The minimum atomic E-state index is -0.797. The minimum absolute atomic E-state index is 0.0897. The fourth-order valence-corrected chi connectivity index (χ4v) is 9.16. The zero-order chi connectivity index (χ0) is 54.3. The van der Waals surface area contributed by atoms with Crippen LogP contribution in [0, 0.1) is 0 Å². The van der Waals surface area contributed by atoms with Gasteiger partial charge in [-0.2, -0.15) is 0 Å². The van der Waals surface area contributed by atoms with Gasteiger partial charge in [0.25, 0.3) is 0 Å². The number of allylic oxidation sites excluding steroid dienone is 14. The van der Waals surface area contributed by atoms with E-state index in [4.69, 9.17) is 14.2 Å². The first kappa shape index (κ1) is 71.6. The average Bonchev–Trinajstić information content (AvgIpc) is 3.41. The van der Waals surface area contributed by atoms with Gasteiger partial charge < -0.3 is 14.2 Å². The Morgan fingerprint density at radius 1 is 0.280 bits per heavy atom. The van der Waals surface area contributed by atoms with Crippen LogP contribution in [0.25, 0.3) is 0 Å². The van der Waals surface area contributed by atoms with E-state index in [1.54, 1.807) is 0 Å². The molecule has 0 heterocycles. The van der Waals surface area contributed by atoms with Crippen molar-refractivity contribution in [1.29, 1.82) is 0 Å². The number of carbonyl (C=O) groups excluding carboxylic acids is 3. The van der Waals surface area contributed by atoms with Crippen LogP contribution in [0.5, 0.6) is 0 Å². The third-order valence-electron chi connectivity index (χ3n) is 13.9. The lowest BCUT2D eigenvalue weighted by Crippen LogP contribution is -2.30. The van der Waals surface area contributed by atoms with Gasteiger partial charge in [-0.15, -0.1) is 0 Å². The normalized spacial score (nSPS) is 12.6. The van der Waals surface area contributed by atoms with Crippen LogP contribution >= 0.6 is 0 Å². The molecule has 6 nitrogen and oxygen atoms in total. The van der Waals surface area contributed by atoms with E-state index in [9.17, 15) is 14.4 Å². The Morgan fingerprint density at radius 3 is 0.827 bits per heavy atom. The van der Waals surface area contributed by atoms with Crippen LogP contribution in [-0.4, -0.2) is 37.2 Å². The van der Waals surface area contributed by atoms with Crippen LogP contribution in [-0.2, 0) is 28.6 Å². The van der Waals surface area contributed by atoms with E-state index in [1.165, 1.54) is 154 Å². The molecule has 0 aromatic heterocycles. The van der Waals surface area contributed by atoms with E-state index >= 15 is 0 Å². The van der Waals surface area contributed by atoms with Crippen molar-refractivity contribution < 1.29 is 28.6 Å². The Morgan fingerprint density at radius 2 is 0.520 bits per heavy atom. The maximum atomic E-state index is 12.9. The van der Waals surface area contributed by atoms with Crippen LogP contribution in [0.15, 0.2) is 85.1 Å². The maximum Gasteiger partial charge on any atom is 0.306 e. The second-order valence-corrected chi connectivity index (χ2v) is 21.3. The van der Waals surface area contributed by atoms with E-state index in [0.29, 0.717) is 19.3 Å². The third kappa shape index (κ3) is 61.3. The van der Waals surface area contributed by atoms with Gasteiger partial charge in [0.2, 0.25) is 0 Å². The van der Waals surface area contributed by atoms with Gasteiger partial charge in [0, 0.05) is 19.3 Å². The Hall–Kier alpha value is -3.41. The predicted octanol–water partition coefficient (Wildman–Crippen LogP) is 21.9. The molecule has 0 aromatic carbocycles. The van der Waals surface area contributed by atoms with Gasteiger partial charge in [0.15, 0.2) is 6.10 Å². The van der Waals surface area contributed by atoms with E-state index in [1.807, 2.05) is 0 Å². The highest BCUT2D eigenvalue weighted by molar-refractivity contribution is 5.71. The van der Waals surface area contributed by atoms with Crippen LogP contribution in [0.2, 0.25) is 0 Å². The van der Waals surface area contributed by atoms with Crippen LogP contribution < -0.4 is 0 Å². The number of esters is 3. The zero-order valence-corrected chi connectivity index (χ0v) is 49.6. The molecular formula is C69H120O6. The Kier molecular flexibility index (Phi) is 60.3. The molecule has 1 atom stereocenters. The standard InChI is InChI=1S/C69H120O6/c1-4-7-10-13-16-19-22-25-27-29-31-32-33-34-35-36-38-39-41-44-47-50-53-56-59-62-68(71)74-65-66(64-73-67(70)61-58-55-52-49-46-43-24-21-18-15-12-9-6-3)75-69(72)63-60-57-54-51-48-45-42-40-37-30-28-26-23-20-17-14-11-8-5-2/h8-9,11-12,17-18,20-21,26,28,37,40,43,46,66H,4-7,10,13-16,19,22-25,27,29-36,38-39,41-42,44-45,47-65H2,1-3H3/b11-8-,12-9-,20-17-,21-18-,28-26-,40-37-,46-43-. The fraction of sp³-hybridized carbons (Fsp3) is 0.754. The molecule has 0 aliphatic rings. The lowest BCUT2D eigenvalue weighted by molar-refractivity contribution is -0.167. The van der Waals surface area contributed by atoms with Gasteiger partial charge in [-0.05, 0) is 89.9 Å². The highest BCUT2D eigenvalue weighted by atomic mass is 16.6. The van der Waals surface area contributed by atoms with Crippen molar-refractivity contribution in [2.75, 3.05) is 13.2 Å². The average molecular weight is 1050 g/mol. The summed E-state index contributed by atoms with van der Waals surface area (Å²) in [4.78, 5) is 38.3.